The van der Waals surface area contributed by atoms with Gasteiger partial charge in [0, 0.05) is 28.9 Å². The van der Waals surface area contributed by atoms with Crippen LogP contribution in [0.25, 0.3) is 22.5 Å². The van der Waals surface area contributed by atoms with E-state index in [0.717, 1.165) is 33.6 Å². The third-order valence-electron chi connectivity index (χ3n) is 4.05. The summed E-state index contributed by atoms with van der Waals surface area (Å²) in [7, 11) is 0. The zero-order valence-corrected chi connectivity index (χ0v) is 14.0. The lowest BCUT2D eigenvalue weighted by Crippen LogP contribution is -2.01. The van der Waals surface area contributed by atoms with E-state index in [0.29, 0.717) is 18.3 Å². The summed E-state index contributed by atoms with van der Waals surface area (Å²) in [5.74, 6) is 1.20. The number of fused-ring (bicyclic) bond motifs is 1. The van der Waals surface area contributed by atoms with E-state index in [9.17, 15) is 0 Å². The van der Waals surface area contributed by atoms with Crippen molar-refractivity contribution in [3.05, 3.63) is 71.1 Å². The highest BCUT2D eigenvalue weighted by Gasteiger charge is 2.16. The second-order valence-electron chi connectivity index (χ2n) is 5.66. The van der Waals surface area contributed by atoms with Crippen LogP contribution in [0.5, 0.6) is 0 Å². The van der Waals surface area contributed by atoms with Gasteiger partial charge in [-0.15, -0.1) is 10.2 Å². The zero-order valence-electron chi connectivity index (χ0n) is 13.2. The van der Waals surface area contributed by atoms with Crippen LogP contribution in [0.1, 0.15) is 18.4 Å². The molecule has 0 N–H and O–H groups in total. The number of rotatable bonds is 4. The molecule has 0 fully saturated rings. The van der Waals surface area contributed by atoms with Gasteiger partial charge >= 0.3 is 0 Å². The molecule has 24 heavy (non-hydrogen) atoms. The van der Waals surface area contributed by atoms with Crippen LogP contribution >= 0.6 is 11.6 Å². The van der Waals surface area contributed by atoms with Crippen LogP contribution in [0.15, 0.2) is 59.0 Å². The van der Waals surface area contributed by atoms with Crippen molar-refractivity contribution >= 4 is 22.5 Å². The largest absolute Gasteiger partial charge is 0.419 e. The number of aryl methyl sites for hydroxylation is 1. The second-order valence-corrected chi connectivity index (χ2v) is 6.09. The van der Waals surface area contributed by atoms with Gasteiger partial charge in [0.05, 0.1) is 0 Å². The minimum Gasteiger partial charge on any atom is -0.419 e. The third kappa shape index (κ3) is 2.69. The van der Waals surface area contributed by atoms with Crippen LogP contribution in [0.4, 0.5) is 0 Å². The fourth-order valence-corrected chi connectivity index (χ4v) is 2.96. The van der Waals surface area contributed by atoms with E-state index in [4.69, 9.17) is 16.0 Å². The van der Waals surface area contributed by atoms with Crippen molar-refractivity contribution in [2.45, 2.75) is 19.9 Å². The molecule has 0 bridgehead atoms. The standard InChI is InChI=1S/C19H16ClN3O/c1-2-18-21-22-19(24-18)17-11-14-5-3-4-6-16(14)23(17)12-13-7-9-15(20)10-8-13/h3-11H,2,12H2,1H3. The summed E-state index contributed by atoms with van der Waals surface area (Å²) < 4.78 is 7.98. The highest BCUT2D eigenvalue weighted by atomic mass is 35.5. The molecular formula is C19H16ClN3O. The van der Waals surface area contributed by atoms with Gasteiger partial charge in [0.15, 0.2) is 0 Å². The Bertz CT molecular complexity index is 985. The van der Waals surface area contributed by atoms with Gasteiger partial charge in [-0.25, -0.2) is 0 Å². The molecule has 0 aliphatic rings. The molecule has 4 rings (SSSR count). The van der Waals surface area contributed by atoms with Gasteiger partial charge in [-0.2, -0.15) is 0 Å². The number of benzene rings is 2. The van der Waals surface area contributed by atoms with Gasteiger partial charge in [0.25, 0.3) is 5.89 Å². The lowest BCUT2D eigenvalue weighted by molar-refractivity contribution is 0.509. The summed E-state index contributed by atoms with van der Waals surface area (Å²) >= 11 is 5.99. The van der Waals surface area contributed by atoms with Crippen LogP contribution in [-0.4, -0.2) is 14.8 Å². The average molecular weight is 338 g/mol. The Balaban J connectivity index is 1.84. The molecule has 0 radical (unpaired) electrons. The first-order valence-corrected chi connectivity index (χ1v) is 8.28. The lowest BCUT2D eigenvalue weighted by atomic mass is 10.2. The van der Waals surface area contributed by atoms with Crippen molar-refractivity contribution in [3.8, 4) is 11.6 Å². The molecule has 0 spiro atoms. The first kappa shape index (κ1) is 15.0. The second kappa shape index (κ2) is 6.13. The van der Waals surface area contributed by atoms with E-state index in [1.165, 1.54) is 0 Å². The number of hydrogen-bond acceptors (Lipinski definition) is 3. The maximum atomic E-state index is 5.99. The Morgan fingerprint density at radius 3 is 2.58 bits per heavy atom. The fraction of sp³-hybridized carbons (Fsp3) is 0.158. The molecule has 0 saturated carbocycles. The first-order chi connectivity index (χ1) is 11.7. The number of para-hydroxylation sites is 1. The van der Waals surface area contributed by atoms with Crippen LogP contribution < -0.4 is 0 Å². The highest BCUT2D eigenvalue weighted by Crippen LogP contribution is 2.28. The van der Waals surface area contributed by atoms with Gasteiger partial charge in [-0.3, -0.25) is 0 Å². The lowest BCUT2D eigenvalue weighted by Gasteiger charge is -2.09. The van der Waals surface area contributed by atoms with E-state index in [1.807, 2.05) is 43.3 Å². The van der Waals surface area contributed by atoms with Gasteiger partial charge in [0.1, 0.15) is 5.69 Å². The van der Waals surface area contributed by atoms with Crippen molar-refractivity contribution in [2.24, 2.45) is 0 Å². The van der Waals surface area contributed by atoms with Gasteiger partial charge in [-0.05, 0) is 29.8 Å². The van der Waals surface area contributed by atoms with Gasteiger partial charge < -0.3 is 8.98 Å². The molecule has 5 heteroatoms. The van der Waals surface area contributed by atoms with Crippen molar-refractivity contribution in [3.63, 3.8) is 0 Å². The van der Waals surface area contributed by atoms with E-state index in [2.05, 4.69) is 33.0 Å². The van der Waals surface area contributed by atoms with Crippen molar-refractivity contribution in [2.75, 3.05) is 0 Å². The Morgan fingerprint density at radius 2 is 1.83 bits per heavy atom. The molecule has 4 aromatic rings. The van der Waals surface area contributed by atoms with Gasteiger partial charge in [0.2, 0.25) is 5.89 Å². The predicted octanol–water partition coefficient (Wildman–Crippen LogP) is 4.96. The summed E-state index contributed by atoms with van der Waals surface area (Å²) in [4.78, 5) is 0. The predicted molar refractivity (Wildman–Crippen MR) is 95.2 cm³/mol. The fourth-order valence-electron chi connectivity index (χ4n) is 2.83. The monoisotopic (exact) mass is 337 g/mol. The number of hydrogen-bond donors (Lipinski definition) is 0. The Kier molecular flexibility index (Phi) is 3.82. The smallest absolute Gasteiger partial charge is 0.264 e. The third-order valence-corrected chi connectivity index (χ3v) is 4.30. The number of nitrogens with zero attached hydrogens (tertiary/aromatic N) is 3. The van der Waals surface area contributed by atoms with Crippen LogP contribution in [0, 0.1) is 0 Å². The maximum Gasteiger partial charge on any atom is 0.264 e. The molecule has 4 nitrogen and oxygen atoms in total. The molecule has 0 amide bonds. The van der Waals surface area contributed by atoms with E-state index in [-0.39, 0.29) is 0 Å². The van der Waals surface area contributed by atoms with E-state index < -0.39 is 0 Å². The first-order valence-electron chi connectivity index (χ1n) is 7.90. The van der Waals surface area contributed by atoms with Crippen molar-refractivity contribution in [1.29, 1.82) is 0 Å². The quantitative estimate of drug-likeness (QED) is 0.529. The summed E-state index contributed by atoms with van der Waals surface area (Å²) in [5.41, 5.74) is 3.23. The van der Waals surface area contributed by atoms with E-state index in [1.54, 1.807) is 0 Å². The summed E-state index contributed by atoms with van der Waals surface area (Å²) in [6.07, 6.45) is 0.727. The van der Waals surface area contributed by atoms with Gasteiger partial charge in [-0.1, -0.05) is 48.9 Å². The normalized spacial score (nSPS) is 11.2. The summed E-state index contributed by atoms with van der Waals surface area (Å²) in [6, 6.07) is 18.2. The Morgan fingerprint density at radius 1 is 1.04 bits per heavy atom. The summed E-state index contributed by atoms with van der Waals surface area (Å²) in [5, 5.41) is 10.2. The molecule has 120 valence electrons. The zero-order chi connectivity index (χ0) is 16.5. The molecule has 0 atom stereocenters. The van der Waals surface area contributed by atoms with Crippen LogP contribution in [0.2, 0.25) is 5.02 Å². The molecule has 0 aliphatic heterocycles. The maximum absolute atomic E-state index is 5.99. The minimum absolute atomic E-state index is 0.553. The molecular weight excluding hydrogens is 322 g/mol. The molecule has 0 saturated heterocycles. The Hall–Kier alpha value is -2.59. The molecule has 2 aromatic carbocycles. The number of aromatic nitrogens is 3. The summed E-state index contributed by atoms with van der Waals surface area (Å²) in [6.45, 7) is 2.71. The van der Waals surface area contributed by atoms with E-state index >= 15 is 0 Å². The molecule has 0 aliphatic carbocycles. The Labute approximate surface area is 144 Å². The molecule has 0 unspecified atom stereocenters. The average Bonchev–Trinajstić information content (AvgIpc) is 3.22. The van der Waals surface area contributed by atoms with Crippen LogP contribution in [-0.2, 0) is 13.0 Å². The highest BCUT2D eigenvalue weighted by molar-refractivity contribution is 6.30. The topological polar surface area (TPSA) is 43.9 Å². The molecule has 2 heterocycles. The van der Waals surface area contributed by atoms with Crippen molar-refractivity contribution in [1.82, 2.24) is 14.8 Å². The van der Waals surface area contributed by atoms with Crippen molar-refractivity contribution < 1.29 is 4.42 Å². The number of halogens is 1. The SMILES string of the molecule is CCc1nnc(-c2cc3ccccc3n2Cc2ccc(Cl)cc2)o1. The van der Waals surface area contributed by atoms with Crippen LogP contribution in [0.3, 0.4) is 0 Å². The molecule has 2 aromatic heterocycles. The minimum atomic E-state index is 0.553.